The highest BCUT2D eigenvalue weighted by atomic mass is 16.5. The molecule has 2 rings (SSSR count). The maximum Gasteiger partial charge on any atom is 0.335 e. The van der Waals surface area contributed by atoms with E-state index < -0.39 is 5.97 Å². The molecule has 0 bridgehead atoms. The Morgan fingerprint density at radius 2 is 2.29 bits per heavy atom. The molecular weight excluding hydrogens is 220 g/mol. The third-order valence-corrected chi connectivity index (χ3v) is 2.32. The van der Waals surface area contributed by atoms with Crippen molar-refractivity contribution in [1.82, 2.24) is 4.90 Å². The molecule has 0 saturated carbocycles. The van der Waals surface area contributed by atoms with Crippen LogP contribution in [-0.2, 0) is 0 Å². The van der Waals surface area contributed by atoms with Gasteiger partial charge in [0.2, 0.25) is 0 Å². The first-order valence-electron chi connectivity index (χ1n) is 5.22. The molecule has 0 amide bonds. The van der Waals surface area contributed by atoms with Gasteiger partial charge in [-0.15, -0.1) is 0 Å². The average Bonchev–Trinajstić information content (AvgIpc) is 2.27. The quantitative estimate of drug-likeness (QED) is 0.813. The van der Waals surface area contributed by atoms with E-state index in [1.54, 1.807) is 12.1 Å². The van der Waals surface area contributed by atoms with Crippen LogP contribution in [0, 0.1) is 0 Å². The zero-order valence-corrected chi connectivity index (χ0v) is 9.73. The first kappa shape index (κ1) is 11.3. The van der Waals surface area contributed by atoms with E-state index in [0.29, 0.717) is 18.0 Å². The van der Waals surface area contributed by atoms with Gasteiger partial charge in [-0.05, 0) is 18.2 Å². The number of fused-ring (bicyclic) bond motifs is 1. The molecule has 0 atom stereocenters. The number of aromatic carboxylic acids is 1. The number of carboxylic acids is 1. The normalized spacial score (nSPS) is 15.8. The summed E-state index contributed by atoms with van der Waals surface area (Å²) in [5.74, 6) is 0.504. The van der Waals surface area contributed by atoms with Gasteiger partial charge in [0.05, 0.1) is 17.8 Å². The first-order chi connectivity index (χ1) is 8.06. The molecule has 0 aromatic heterocycles. The number of nitrogens with zero attached hydrogens (tertiary/aromatic N) is 1. The summed E-state index contributed by atoms with van der Waals surface area (Å²) in [5, 5.41) is 12.0. The average molecular weight is 234 g/mol. The van der Waals surface area contributed by atoms with Crippen LogP contribution >= 0.6 is 0 Å². The summed E-state index contributed by atoms with van der Waals surface area (Å²) in [6.45, 7) is 0.550. The number of carboxylic acid groups (broad SMARTS) is 1. The van der Waals surface area contributed by atoms with E-state index in [1.165, 1.54) is 6.07 Å². The van der Waals surface area contributed by atoms with E-state index >= 15 is 0 Å². The number of rotatable bonds is 2. The number of hydrogen-bond donors (Lipinski definition) is 2. The molecular formula is C12H14N2O3. The van der Waals surface area contributed by atoms with Gasteiger partial charge in [0.15, 0.2) is 0 Å². The Morgan fingerprint density at radius 3 is 2.94 bits per heavy atom. The lowest BCUT2D eigenvalue weighted by molar-refractivity contribution is 0.0697. The first-order valence-corrected chi connectivity index (χ1v) is 5.22. The topological polar surface area (TPSA) is 61.8 Å². The van der Waals surface area contributed by atoms with Crippen LogP contribution in [0.4, 0.5) is 5.69 Å². The smallest absolute Gasteiger partial charge is 0.335 e. The molecule has 0 saturated heterocycles. The van der Waals surface area contributed by atoms with Gasteiger partial charge in [-0.2, -0.15) is 0 Å². The van der Waals surface area contributed by atoms with Gasteiger partial charge in [0.1, 0.15) is 11.5 Å². The van der Waals surface area contributed by atoms with E-state index in [0.717, 1.165) is 5.76 Å². The molecule has 1 aliphatic heterocycles. The Morgan fingerprint density at radius 1 is 1.53 bits per heavy atom. The monoisotopic (exact) mass is 234 g/mol. The molecule has 0 spiro atoms. The van der Waals surface area contributed by atoms with Crippen molar-refractivity contribution in [3.63, 3.8) is 0 Å². The van der Waals surface area contributed by atoms with Crippen molar-refractivity contribution >= 4 is 11.7 Å². The van der Waals surface area contributed by atoms with Crippen molar-refractivity contribution in [1.29, 1.82) is 0 Å². The van der Waals surface area contributed by atoms with Crippen LogP contribution in [0.25, 0.3) is 0 Å². The Labute approximate surface area is 99.3 Å². The van der Waals surface area contributed by atoms with Gasteiger partial charge >= 0.3 is 5.97 Å². The summed E-state index contributed by atoms with van der Waals surface area (Å²) in [6, 6.07) is 4.76. The predicted octanol–water partition coefficient (Wildman–Crippen LogP) is 1.59. The molecule has 1 aliphatic rings. The molecule has 5 nitrogen and oxygen atoms in total. The number of anilines is 1. The largest absolute Gasteiger partial charge is 0.478 e. The Balaban J connectivity index is 2.26. The Bertz CT molecular complexity index is 481. The molecule has 2 N–H and O–H groups in total. The van der Waals surface area contributed by atoms with Gasteiger partial charge in [-0.1, -0.05) is 0 Å². The van der Waals surface area contributed by atoms with Crippen molar-refractivity contribution in [3.05, 3.63) is 35.7 Å². The van der Waals surface area contributed by atoms with Gasteiger partial charge in [0.25, 0.3) is 0 Å². The second-order valence-electron chi connectivity index (χ2n) is 4.03. The molecule has 90 valence electrons. The van der Waals surface area contributed by atoms with Gasteiger partial charge < -0.3 is 20.1 Å². The summed E-state index contributed by atoms with van der Waals surface area (Å²) < 4.78 is 5.64. The third-order valence-electron chi connectivity index (χ3n) is 2.32. The van der Waals surface area contributed by atoms with Crippen LogP contribution in [0.3, 0.4) is 0 Å². The number of hydrogen-bond acceptors (Lipinski definition) is 4. The lowest BCUT2D eigenvalue weighted by Gasteiger charge is -2.22. The number of benzene rings is 1. The van der Waals surface area contributed by atoms with Gasteiger partial charge in [-0.3, -0.25) is 0 Å². The zero-order valence-electron chi connectivity index (χ0n) is 9.73. The lowest BCUT2D eigenvalue weighted by atomic mass is 10.1. The SMILES string of the molecule is CN(C)C=C1CNc2cc(C(=O)O)ccc2O1. The minimum atomic E-state index is -0.941. The zero-order chi connectivity index (χ0) is 12.4. The van der Waals surface area contributed by atoms with E-state index in [2.05, 4.69) is 5.32 Å². The maximum absolute atomic E-state index is 10.8. The van der Waals surface area contributed by atoms with Crippen LogP contribution in [0.15, 0.2) is 30.2 Å². The lowest BCUT2D eigenvalue weighted by Crippen LogP contribution is -2.19. The molecule has 1 aromatic rings. The fourth-order valence-corrected chi connectivity index (χ4v) is 1.61. The fourth-order valence-electron chi connectivity index (χ4n) is 1.61. The van der Waals surface area contributed by atoms with Crippen LogP contribution in [0.5, 0.6) is 5.75 Å². The number of carbonyl (C=O) groups is 1. The second-order valence-corrected chi connectivity index (χ2v) is 4.03. The summed E-state index contributed by atoms with van der Waals surface area (Å²) >= 11 is 0. The van der Waals surface area contributed by atoms with Crippen molar-refractivity contribution < 1.29 is 14.6 Å². The molecule has 17 heavy (non-hydrogen) atoms. The summed E-state index contributed by atoms with van der Waals surface area (Å²) in [7, 11) is 3.83. The van der Waals surface area contributed by atoms with Crippen molar-refractivity contribution in [2.45, 2.75) is 0 Å². The Hall–Kier alpha value is -2.17. The summed E-state index contributed by atoms with van der Waals surface area (Å²) in [4.78, 5) is 12.7. The van der Waals surface area contributed by atoms with Crippen molar-refractivity contribution in [2.75, 3.05) is 26.0 Å². The fraction of sp³-hybridized carbons (Fsp3) is 0.250. The van der Waals surface area contributed by atoms with Gasteiger partial charge in [0, 0.05) is 20.3 Å². The minimum absolute atomic E-state index is 0.250. The van der Waals surface area contributed by atoms with Crippen LogP contribution in [0.2, 0.25) is 0 Å². The minimum Gasteiger partial charge on any atom is -0.478 e. The molecule has 1 heterocycles. The number of ether oxygens (including phenoxy) is 1. The third kappa shape index (κ3) is 2.50. The van der Waals surface area contributed by atoms with Crippen LogP contribution in [-0.4, -0.2) is 36.6 Å². The predicted molar refractivity (Wildman–Crippen MR) is 64.3 cm³/mol. The van der Waals surface area contributed by atoms with E-state index in [4.69, 9.17) is 9.84 Å². The molecule has 5 heteroatoms. The second kappa shape index (κ2) is 4.37. The molecule has 1 aromatic carbocycles. The van der Waals surface area contributed by atoms with Crippen LogP contribution < -0.4 is 10.1 Å². The molecule has 0 aliphatic carbocycles. The maximum atomic E-state index is 10.8. The van der Waals surface area contributed by atoms with Crippen LogP contribution in [0.1, 0.15) is 10.4 Å². The molecule has 0 fully saturated rings. The van der Waals surface area contributed by atoms with E-state index in [1.807, 2.05) is 25.2 Å². The van der Waals surface area contributed by atoms with Gasteiger partial charge in [-0.25, -0.2) is 4.79 Å². The van der Waals surface area contributed by atoms with Crippen molar-refractivity contribution in [3.8, 4) is 5.75 Å². The standard InChI is InChI=1S/C12H14N2O3/c1-14(2)7-9-6-13-10-5-8(12(15)16)3-4-11(10)17-9/h3-5,7,13H,6H2,1-2H3,(H,15,16). The highest BCUT2D eigenvalue weighted by molar-refractivity contribution is 5.89. The number of nitrogens with one attached hydrogen (secondary N) is 1. The Kier molecular flexibility index (Phi) is 2.91. The summed E-state index contributed by atoms with van der Waals surface area (Å²) in [6.07, 6.45) is 1.88. The molecule has 0 radical (unpaired) electrons. The van der Waals surface area contributed by atoms with E-state index in [-0.39, 0.29) is 5.56 Å². The van der Waals surface area contributed by atoms with Crippen molar-refractivity contribution in [2.24, 2.45) is 0 Å². The highest BCUT2D eigenvalue weighted by Crippen LogP contribution is 2.31. The highest BCUT2D eigenvalue weighted by Gasteiger charge is 2.16. The summed E-state index contributed by atoms with van der Waals surface area (Å²) in [5.41, 5.74) is 0.959. The molecule has 0 unspecified atom stereocenters. The van der Waals surface area contributed by atoms with E-state index in [9.17, 15) is 4.79 Å².